The van der Waals surface area contributed by atoms with Crippen LogP contribution in [0.15, 0.2) is 60.7 Å². The van der Waals surface area contributed by atoms with E-state index in [9.17, 15) is 10.2 Å². The van der Waals surface area contributed by atoms with E-state index < -0.39 is 11.4 Å². The van der Waals surface area contributed by atoms with Crippen molar-refractivity contribution in [1.29, 1.82) is 0 Å². The SMILES string of the molecule is NC(O)(CCc1ccccc1)C(N)(O)CCc1ccccc1. The molecule has 22 heavy (non-hydrogen) atoms. The van der Waals surface area contributed by atoms with Crippen molar-refractivity contribution >= 4 is 0 Å². The van der Waals surface area contributed by atoms with Gasteiger partial charge in [0.25, 0.3) is 0 Å². The fourth-order valence-corrected chi connectivity index (χ4v) is 2.39. The largest absolute Gasteiger partial charge is 0.372 e. The van der Waals surface area contributed by atoms with Gasteiger partial charge >= 0.3 is 0 Å². The molecule has 118 valence electrons. The average molecular weight is 300 g/mol. The fourth-order valence-electron chi connectivity index (χ4n) is 2.39. The average Bonchev–Trinajstić information content (AvgIpc) is 2.53. The predicted octanol–water partition coefficient (Wildman–Crippen LogP) is 1.55. The van der Waals surface area contributed by atoms with E-state index in [0.29, 0.717) is 12.8 Å². The lowest BCUT2D eigenvalue weighted by Crippen LogP contribution is -2.66. The molecule has 0 aliphatic rings. The molecule has 2 atom stereocenters. The highest BCUT2D eigenvalue weighted by Gasteiger charge is 2.42. The van der Waals surface area contributed by atoms with E-state index in [1.807, 2.05) is 60.7 Å². The number of aliphatic hydroxyl groups is 2. The second-order valence-electron chi connectivity index (χ2n) is 5.82. The van der Waals surface area contributed by atoms with Gasteiger partial charge in [0, 0.05) is 0 Å². The Morgan fingerprint density at radius 3 is 1.27 bits per heavy atom. The topological polar surface area (TPSA) is 92.5 Å². The highest BCUT2D eigenvalue weighted by molar-refractivity contribution is 5.17. The van der Waals surface area contributed by atoms with Crippen LogP contribution in [0, 0.1) is 0 Å². The van der Waals surface area contributed by atoms with Crippen molar-refractivity contribution in [3.05, 3.63) is 71.8 Å². The second kappa shape index (κ2) is 7.03. The molecule has 0 spiro atoms. The van der Waals surface area contributed by atoms with Gasteiger partial charge < -0.3 is 21.7 Å². The maximum Gasteiger partial charge on any atom is 0.156 e. The molecule has 0 heterocycles. The van der Waals surface area contributed by atoms with Gasteiger partial charge in [-0.3, -0.25) is 0 Å². The van der Waals surface area contributed by atoms with Gasteiger partial charge in [-0.05, 0) is 36.8 Å². The Labute approximate surface area is 131 Å². The molecule has 2 aromatic rings. The fraction of sp³-hybridized carbons (Fsp3) is 0.333. The van der Waals surface area contributed by atoms with Gasteiger partial charge in [-0.15, -0.1) is 0 Å². The Morgan fingerprint density at radius 2 is 0.955 bits per heavy atom. The second-order valence-corrected chi connectivity index (χ2v) is 5.82. The molecular formula is C18H24N2O2. The number of benzene rings is 2. The zero-order valence-corrected chi connectivity index (χ0v) is 12.7. The Hall–Kier alpha value is -1.72. The minimum absolute atomic E-state index is 0.193. The molecule has 0 fully saturated rings. The first-order valence-electron chi connectivity index (χ1n) is 7.51. The molecule has 0 saturated heterocycles. The molecule has 0 aliphatic carbocycles. The van der Waals surface area contributed by atoms with Crippen molar-refractivity contribution in [3.8, 4) is 0 Å². The van der Waals surface area contributed by atoms with Crippen molar-refractivity contribution in [2.75, 3.05) is 0 Å². The first kappa shape index (κ1) is 16.6. The van der Waals surface area contributed by atoms with Crippen molar-refractivity contribution in [2.24, 2.45) is 11.5 Å². The van der Waals surface area contributed by atoms with Crippen molar-refractivity contribution in [1.82, 2.24) is 0 Å². The van der Waals surface area contributed by atoms with Gasteiger partial charge in [-0.2, -0.15) is 0 Å². The van der Waals surface area contributed by atoms with Crippen LogP contribution in [0.25, 0.3) is 0 Å². The third kappa shape index (κ3) is 4.39. The minimum atomic E-state index is -1.84. The third-order valence-electron chi connectivity index (χ3n) is 4.02. The summed E-state index contributed by atoms with van der Waals surface area (Å²) in [5, 5.41) is 20.8. The molecular weight excluding hydrogens is 276 g/mol. The summed E-state index contributed by atoms with van der Waals surface area (Å²) in [4.78, 5) is 0. The molecule has 0 aromatic heterocycles. The molecule has 2 rings (SSSR count). The number of hydrogen-bond donors (Lipinski definition) is 4. The van der Waals surface area contributed by atoms with Crippen LogP contribution in [0.1, 0.15) is 24.0 Å². The summed E-state index contributed by atoms with van der Waals surface area (Å²) in [6.07, 6.45) is 1.50. The molecule has 2 aromatic carbocycles. The number of nitrogens with two attached hydrogens (primary N) is 2. The van der Waals surface area contributed by atoms with Gasteiger partial charge in [-0.1, -0.05) is 60.7 Å². The number of aryl methyl sites for hydroxylation is 2. The number of hydrogen-bond acceptors (Lipinski definition) is 4. The van der Waals surface area contributed by atoms with Crippen LogP contribution in [0.5, 0.6) is 0 Å². The van der Waals surface area contributed by atoms with E-state index in [1.165, 1.54) is 0 Å². The van der Waals surface area contributed by atoms with Crippen LogP contribution < -0.4 is 11.5 Å². The van der Waals surface area contributed by atoms with E-state index in [-0.39, 0.29) is 12.8 Å². The first-order valence-corrected chi connectivity index (χ1v) is 7.51. The summed E-state index contributed by atoms with van der Waals surface area (Å²) in [7, 11) is 0. The summed E-state index contributed by atoms with van der Waals surface area (Å²) in [5.41, 5.74) is 10.2. The lowest BCUT2D eigenvalue weighted by atomic mass is 9.89. The molecule has 4 heteroatoms. The van der Waals surface area contributed by atoms with E-state index in [2.05, 4.69) is 0 Å². The summed E-state index contributed by atoms with van der Waals surface area (Å²) >= 11 is 0. The quantitative estimate of drug-likeness (QED) is 0.584. The van der Waals surface area contributed by atoms with Gasteiger partial charge in [0.1, 0.15) is 0 Å². The van der Waals surface area contributed by atoms with Crippen LogP contribution in [0.4, 0.5) is 0 Å². The van der Waals surface area contributed by atoms with E-state index in [4.69, 9.17) is 11.5 Å². The third-order valence-corrected chi connectivity index (χ3v) is 4.02. The van der Waals surface area contributed by atoms with Crippen molar-refractivity contribution in [3.63, 3.8) is 0 Å². The van der Waals surface area contributed by atoms with Crippen LogP contribution in [0.3, 0.4) is 0 Å². The Morgan fingerprint density at radius 1 is 0.636 bits per heavy atom. The first-order chi connectivity index (χ1) is 10.4. The van der Waals surface area contributed by atoms with Gasteiger partial charge in [0.2, 0.25) is 0 Å². The Bertz CT molecular complexity index is 515. The summed E-state index contributed by atoms with van der Waals surface area (Å²) < 4.78 is 0. The van der Waals surface area contributed by atoms with Crippen LogP contribution in [-0.4, -0.2) is 21.7 Å². The maximum atomic E-state index is 10.4. The molecule has 0 bridgehead atoms. The van der Waals surface area contributed by atoms with Crippen molar-refractivity contribution in [2.45, 2.75) is 37.1 Å². The molecule has 6 N–H and O–H groups in total. The van der Waals surface area contributed by atoms with Crippen LogP contribution >= 0.6 is 0 Å². The molecule has 2 unspecified atom stereocenters. The monoisotopic (exact) mass is 300 g/mol. The molecule has 0 saturated carbocycles. The maximum absolute atomic E-state index is 10.4. The Balaban J connectivity index is 1.93. The van der Waals surface area contributed by atoms with Gasteiger partial charge in [-0.25, -0.2) is 0 Å². The molecule has 4 nitrogen and oxygen atoms in total. The van der Waals surface area contributed by atoms with Gasteiger partial charge in [0.15, 0.2) is 11.4 Å². The van der Waals surface area contributed by atoms with Crippen LogP contribution in [-0.2, 0) is 12.8 Å². The Kier molecular flexibility index (Phi) is 5.32. The minimum Gasteiger partial charge on any atom is -0.372 e. The van der Waals surface area contributed by atoms with E-state index >= 15 is 0 Å². The summed E-state index contributed by atoms with van der Waals surface area (Å²) in [5.74, 6) is 0. The normalized spacial score (nSPS) is 16.7. The zero-order valence-electron chi connectivity index (χ0n) is 12.7. The standard InChI is InChI=1S/C18H24N2O2/c19-17(21,13-11-15-7-3-1-4-8-15)18(20,22)14-12-16-9-5-2-6-10-16/h1-10,21-22H,11-14,19-20H2. The number of rotatable bonds is 7. The predicted molar refractivity (Wildman–Crippen MR) is 87.8 cm³/mol. The highest BCUT2D eigenvalue weighted by Crippen LogP contribution is 2.23. The van der Waals surface area contributed by atoms with Crippen LogP contribution in [0.2, 0.25) is 0 Å². The summed E-state index contributed by atoms with van der Waals surface area (Å²) in [6, 6.07) is 19.4. The smallest absolute Gasteiger partial charge is 0.156 e. The highest BCUT2D eigenvalue weighted by atomic mass is 16.4. The summed E-state index contributed by atoms with van der Waals surface area (Å²) in [6.45, 7) is 0. The molecule has 0 radical (unpaired) electrons. The van der Waals surface area contributed by atoms with Gasteiger partial charge in [0.05, 0.1) is 0 Å². The molecule has 0 aliphatic heterocycles. The van der Waals surface area contributed by atoms with E-state index in [0.717, 1.165) is 11.1 Å². The molecule has 0 amide bonds. The van der Waals surface area contributed by atoms with E-state index in [1.54, 1.807) is 0 Å². The lowest BCUT2D eigenvalue weighted by molar-refractivity contribution is -0.153. The zero-order chi connectivity index (χ0) is 16.1. The lowest BCUT2D eigenvalue weighted by Gasteiger charge is -2.38. The van der Waals surface area contributed by atoms with Crippen molar-refractivity contribution < 1.29 is 10.2 Å².